The molecule has 0 radical (unpaired) electrons. The van der Waals surface area contributed by atoms with E-state index in [1.807, 2.05) is 23.1 Å². The summed E-state index contributed by atoms with van der Waals surface area (Å²) < 4.78 is 5.53. The molecule has 1 aromatic carbocycles. The van der Waals surface area contributed by atoms with E-state index in [9.17, 15) is 4.79 Å². The molecule has 2 fully saturated rings. The van der Waals surface area contributed by atoms with Crippen LogP contribution in [0.25, 0.3) is 0 Å². The molecule has 1 saturated heterocycles. The minimum Gasteiger partial charge on any atom is -0.493 e. The Hall–Kier alpha value is -1.71. The van der Waals surface area contributed by atoms with Gasteiger partial charge in [-0.3, -0.25) is 0 Å². The molecule has 4 heteroatoms. The molecule has 1 saturated carbocycles. The summed E-state index contributed by atoms with van der Waals surface area (Å²) in [4.78, 5) is 14.3. The van der Waals surface area contributed by atoms with E-state index in [1.54, 1.807) is 0 Å². The SMILES string of the molecule is O=C(Nc1ccc2c(c1)OCC2)N1CCCC2CC21. The van der Waals surface area contributed by atoms with Gasteiger partial charge in [-0.15, -0.1) is 0 Å². The van der Waals surface area contributed by atoms with E-state index in [-0.39, 0.29) is 6.03 Å². The van der Waals surface area contributed by atoms with Crippen LogP contribution < -0.4 is 10.1 Å². The molecule has 3 aliphatic rings. The highest BCUT2D eigenvalue weighted by molar-refractivity contribution is 5.90. The number of nitrogens with zero attached hydrogens (tertiary/aromatic N) is 1. The van der Waals surface area contributed by atoms with Crippen LogP contribution in [0.2, 0.25) is 0 Å². The summed E-state index contributed by atoms with van der Waals surface area (Å²) in [5, 5.41) is 3.01. The maximum atomic E-state index is 12.3. The van der Waals surface area contributed by atoms with Gasteiger partial charge in [-0.1, -0.05) is 6.07 Å². The predicted octanol–water partition coefficient (Wildman–Crippen LogP) is 2.64. The van der Waals surface area contributed by atoms with Gasteiger partial charge in [-0.2, -0.15) is 0 Å². The van der Waals surface area contributed by atoms with Crippen LogP contribution >= 0.6 is 0 Å². The average molecular weight is 258 g/mol. The normalized spacial score (nSPS) is 27.3. The summed E-state index contributed by atoms with van der Waals surface area (Å²) in [6.07, 6.45) is 4.60. The van der Waals surface area contributed by atoms with Crippen LogP contribution in [0, 0.1) is 5.92 Å². The van der Waals surface area contributed by atoms with Crippen molar-refractivity contribution in [1.29, 1.82) is 0 Å². The lowest BCUT2D eigenvalue weighted by molar-refractivity contribution is 0.195. The number of hydrogen-bond acceptors (Lipinski definition) is 2. The third-order valence-electron chi connectivity index (χ3n) is 4.47. The first-order valence-corrected chi connectivity index (χ1v) is 7.14. The van der Waals surface area contributed by atoms with Crippen molar-refractivity contribution in [2.75, 3.05) is 18.5 Å². The molecule has 2 atom stereocenters. The number of fused-ring (bicyclic) bond motifs is 2. The molecule has 2 heterocycles. The molecule has 19 heavy (non-hydrogen) atoms. The Morgan fingerprint density at radius 1 is 1.42 bits per heavy atom. The molecular formula is C15H18N2O2. The lowest BCUT2D eigenvalue weighted by atomic mass is 10.1. The van der Waals surface area contributed by atoms with Crippen LogP contribution in [0.4, 0.5) is 10.5 Å². The van der Waals surface area contributed by atoms with Crippen LogP contribution in [0.5, 0.6) is 5.75 Å². The molecule has 0 bridgehead atoms. The quantitative estimate of drug-likeness (QED) is 0.841. The highest BCUT2D eigenvalue weighted by Crippen LogP contribution is 2.43. The third-order valence-corrected chi connectivity index (χ3v) is 4.47. The standard InChI is InChI=1S/C15H18N2O2/c18-15(17-6-1-2-11-8-13(11)17)16-12-4-3-10-5-7-19-14(10)9-12/h3-4,9,11,13H,1-2,5-8H2,(H,16,18). The van der Waals surface area contributed by atoms with Crippen molar-refractivity contribution in [2.45, 2.75) is 31.7 Å². The van der Waals surface area contributed by atoms with Crippen molar-refractivity contribution in [3.8, 4) is 5.75 Å². The molecule has 2 unspecified atom stereocenters. The minimum atomic E-state index is 0.0464. The van der Waals surface area contributed by atoms with Gasteiger partial charge >= 0.3 is 6.03 Å². The Morgan fingerprint density at radius 3 is 3.32 bits per heavy atom. The number of benzene rings is 1. The predicted molar refractivity (Wildman–Crippen MR) is 72.5 cm³/mol. The monoisotopic (exact) mass is 258 g/mol. The number of amides is 2. The van der Waals surface area contributed by atoms with Gasteiger partial charge in [0.2, 0.25) is 0 Å². The van der Waals surface area contributed by atoms with Crippen molar-refractivity contribution in [3.05, 3.63) is 23.8 Å². The number of ether oxygens (including phenoxy) is 1. The number of likely N-dealkylation sites (tertiary alicyclic amines) is 1. The van der Waals surface area contributed by atoms with Gasteiger partial charge in [-0.25, -0.2) is 4.79 Å². The first kappa shape index (κ1) is 11.1. The van der Waals surface area contributed by atoms with E-state index in [0.29, 0.717) is 6.04 Å². The second kappa shape index (κ2) is 4.15. The van der Waals surface area contributed by atoms with Crippen molar-refractivity contribution in [2.24, 2.45) is 5.92 Å². The van der Waals surface area contributed by atoms with Crippen molar-refractivity contribution >= 4 is 11.7 Å². The van der Waals surface area contributed by atoms with Gasteiger partial charge in [-0.05, 0) is 36.8 Å². The number of piperidine rings is 1. The molecule has 4 nitrogen and oxygen atoms in total. The zero-order chi connectivity index (χ0) is 12.8. The fraction of sp³-hybridized carbons (Fsp3) is 0.533. The maximum Gasteiger partial charge on any atom is 0.322 e. The zero-order valence-electron chi connectivity index (χ0n) is 10.9. The number of carbonyl (C=O) groups excluding carboxylic acids is 1. The number of nitrogens with one attached hydrogen (secondary N) is 1. The van der Waals surface area contributed by atoms with E-state index in [2.05, 4.69) is 5.32 Å². The first-order valence-electron chi connectivity index (χ1n) is 7.14. The van der Waals surface area contributed by atoms with E-state index in [1.165, 1.54) is 18.4 Å². The van der Waals surface area contributed by atoms with E-state index < -0.39 is 0 Å². The Morgan fingerprint density at radius 2 is 2.37 bits per heavy atom. The summed E-state index contributed by atoms with van der Waals surface area (Å²) in [5.41, 5.74) is 2.08. The van der Waals surface area contributed by atoms with Crippen molar-refractivity contribution in [3.63, 3.8) is 0 Å². The summed E-state index contributed by atoms with van der Waals surface area (Å²) in [6.45, 7) is 1.65. The highest BCUT2D eigenvalue weighted by Gasteiger charge is 2.45. The smallest absolute Gasteiger partial charge is 0.322 e. The fourth-order valence-electron chi connectivity index (χ4n) is 3.30. The molecule has 1 aromatic rings. The largest absolute Gasteiger partial charge is 0.493 e. The fourth-order valence-corrected chi connectivity index (χ4v) is 3.30. The second-order valence-electron chi connectivity index (χ2n) is 5.75. The van der Waals surface area contributed by atoms with Crippen LogP contribution in [-0.4, -0.2) is 30.1 Å². The Bertz CT molecular complexity index is 529. The van der Waals surface area contributed by atoms with Crippen LogP contribution in [0.15, 0.2) is 18.2 Å². The first-order chi connectivity index (χ1) is 9.31. The van der Waals surface area contributed by atoms with Crippen molar-refractivity contribution in [1.82, 2.24) is 4.90 Å². The highest BCUT2D eigenvalue weighted by atomic mass is 16.5. The number of rotatable bonds is 1. The third kappa shape index (κ3) is 1.95. The van der Waals surface area contributed by atoms with Crippen LogP contribution in [-0.2, 0) is 6.42 Å². The maximum absolute atomic E-state index is 12.3. The van der Waals surface area contributed by atoms with E-state index in [0.717, 1.165) is 43.3 Å². The minimum absolute atomic E-state index is 0.0464. The Labute approximate surface area is 112 Å². The van der Waals surface area contributed by atoms with Gasteiger partial charge < -0.3 is 15.0 Å². The lowest BCUT2D eigenvalue weighted by Gasteiger charge is -2.26. The van der Waals surface area contributed by atoms with Crippen molar-refractivity contribution < 1.29 is 9.53 Å². The van der Waals surface area contributed by atoms with E-state index in [4.69, 9.17) is 4.74 Å². The molecule has 1 N–H and O–H groups in total. The molecule has 0 aromatic heterocycles. The number of carbonyl (C=O) groups is 1. The van der Waals surface area contributed by atoms with Crippen LogP contribution in [0.3, 0.4) is 0 Å². The molecule has 2 aliphatic heterocycles. The lowest BCUT2D eigenvalue weighted by Crippen LogP contribution is -2.40. The second-order valence-corrected chi connectivity index (χ2v) is 5.75. The molecule has 100 valence electrons. The topological polar surface area (TPSA) is 41.6 Å². The van der Waals surface area contributed by atoms with Gasteiger partial charge in [0.15, 0.2) is 0 Å². The average Bonchev–Trinajstić information content (AvgIpc) is 3.07. The molecular weight excluding hydrogens is 240 g/mol. The molecule has 4 rings (SSSR count). The summed E-state index contributed by atoms with van der Waals surface area (Å²) in [6, 6.07) is 6.51. The zero-order valence-corrected chi connectivity index (χ0v) is 10.9. The molecule has 1 aliphatic carbocycles. The molecule has 0 spiro atoms. The number of hydrogen-bond donors (Lipinski definition) is 1. The Balaban J connectivity index is 1.47. The number of anilines is 1. The summed E-state index contributed by atoms with van der Waals surface area (Å²) in [7, 11) is 0. The van der Waals surface area contributed by atoms with Gasteiger partial charge in [0.1, 0.15) is 5.75 Å². The molecule has 2 amide bonds. The van der Waals surface area contributed by atoms with Gasteiger partial charge in [0.05, 0.1) is 6.61 Å². The van der Waals surface area contributed by atoms with E-state index >= 15 is 0 Å². The van der Waals surface area contributed by atoms with Crippen LogP contribution in [0.1, 0.15) is 24.8 Å². The van der Waals surface area contributed by atoms with Gasteiger partial charge in [0, 0.05) is 30.8 Å². The van der Waals surface area contributed by atoms with Gasteiger partial charge in [0.25, 0.3) is 0 Å². The number of urea groups is 1. The summed E-state index contributed by atoms with van der Waals surface area (Å²) in [5.74, 6) is 1.68. The Kier molecular flexibility index (Phi) is 2.43. The summed E-state index contributed by atoms with van der Waals surface area (Å²) >= 11 is 0.